The average Bonchev–Trinajstić information content (AvgIpc) is 3.21. The van der Waals surface area contributed by atoms with Crippen LogP contribution >= 0.6 is 0 Å². The maximum Gasteiger partial charge on any atom is 0.317 e. The van der Waals surface area contributed by atoms with Gasteiger partial charge >= 0.3 is 11.9 Å². The SMILES string of the molecule is CC(=O)[C@@H]1C2CC(C3C2[C@@H]2C[C@H]3[C@H]3C(=O)OC(=O)[C@H]32)[C@@H]1C(C)=O. The van der Waals surface area contributed by atoms with Gasteiger partial charge in [-0.25, -0.2) is 0 Å². The third-order valence-corrected chi connectivity index (χ3v) is 7.81. The van der Waals surface area contributed by atoms with Gasteiger partial charge in [0.1, 0.15) is 11.6 Å². The van der Waals surface area contributed by atoms with E-state index >= 15 is 0 Å². The van der Waals surface area contributed by atoms with Gasteiger partial charge < -0.3 is 4.74 Å². The highest BCUT2D eigenvalue weighted by Gasteiger charge is 2.74. The number of esters is 2. The summed E-state index contributed by atoms with van der Waals surface area (Å²) in [5.41, 5.74) is 0. The molecule has 0 aromatic heterocycles. The van der Waals surface area contributed by atoms with Crippen molar-refractivity contribution in [1.82, 2.24) is 0 Å². The molecule has 1 aliphatic heterocycles. The minimum atomic E-state index is -0.351. The summed E-state index contributed by atoms with van der Waals surface area (Å²) in [5.74, 6) is 0.0587. The van der Waals surface area contributed by atoms with Crippen LogP contribution in [0.1, 0.15) is 26.7 Å². The van der Waals surface area contributed by atoms with E-state index in [2.05, 4.69) is 0 Å². The first-order chi connectivity index (χ1) is 10.9. The zero-order valence-electron chi connectivity index (χ0n) is 13.2. The van der Waals surface area contributed by atoms with E-state index in [0.717, 1.165) is 12.8 Å². The summed E-state index contributed by atoms with van der Waals surface area (Å²) in [4.78, 5) is 48.5. The lowest BCUT2D eigenvalue weighted by Crippen LogP contribution is -2.47. The summed E-state index contributed by atoms with van der Waals surface area (Å²) in [6, 6.07) is 0. The summed E-state index contributed by atoms with van der Waals surface area (Å²) in [7, 11) is 0. The Labute approximate surface area is 134 Å². The van der Waals surface area contributed by atoms with Crippen LogP contribution in [0.5, 0.6) is 0 Å². The Morgan fingerprint density at radius 1 is 0.783 bits per heavy atom. The number of rotatable bonds is 2. The van der Waals surface area contributed by atoms with E-state index in [9.17, 15) is 19.2 Å². The lowest BCUT2D eigenvalue weighted by molar-refractivity contribution is -0.154. The van der Waals surface area contributed by atoms with Crippen molar-refractivity contribution < 1.29 is 23.9 Å². The standard InChI is InChI=1S/C18H20O5/c1-5(19)11-7-3-8(12(11)6(2)20)14-10-4-9(13(7)14)15-16(10)18(22)23-17(15)21/h7-16H,3-4H2,1-2H3/t7?,8?,9-,10+,11+,12-,13?,14?,15-,16+. The second-order valence-corrected chi connectivity index (χ2v) is 8.35. The van der Waals surface area contributed by atoms with Crippen molar-refractivity contribution in [2.24, 2.45) is 59.2 Å². The van der Waals surface area contributed by atoms with Gasteiger partial charge in [-0.1, -0.05) is 0 Å². The molecule has 5 heteroatoms. The number of cyclic esters (lactones) is 2. The molecule has 0 N–H and O–H groups in total. The Kier molecular flexibility index (Phi) is 2.48. The van der Waals surface area contributed by atoms with E-state index in [-0.39, 0.29) is 70.8 Å². The molecular formula is C18H20O5. The van der Waals surface area contributed by atoms with Crippen molar-refractivity contribution in [3.63, 3.8) is 0 Å². The van der Waals surface area contributed by atoms with Crippen LogP contribution in [-0.4, -0.2) is 23.5 Å². The summed E-state index contributed by atoms with van der Waals surface area (Å²) < 4.78 is 4.90. The number of hydrogen-bond acceptors (Lipinski definition) is 5. The highest BCUT2D eigenvalue weighted by Crippen LogP contribution is 2.73. The average molecular weight is 316 g/mol. The van der Waals surface area contributed by atoms with Gasteiger partial charge in [-0.3, -0.25) is 19.2 Å². The van der Waals surface area contributed by atoms with Gasteiger partial charge in [0, 0.05) is 11.8 Å². The molecule has 0 amide bonds. The van der Waals surface area contributed by atoms with Crippen molar-refractivity contribution >= 4 is 23.5 Å². The quantitative estimate of drug-likeness (QED) is 0.435. The van der Waals surface area contributed by atoms with Gasteiger partial charge in [-0.15, -0.1) is 0 Å². The normalized spacial score (nSPS) is 55.0. The number of carbonyl (C=O) groups excluding carboxylic acids is 4. The molecule has 0 aromatic rings. The lowest BCUT2D eigenvalue weighted by atomic mass is 9.58. The number of ketones is 2. The zero-order chi connectivity index (χ0) is 16.2. The molecule has 122 valence electrons. The fourth-order valence-corrected chi connectivity index (χ4v) is 7.63. The van der Waals surface area contributed by atoms with Crippen LogP contribution in [0.3, 0.4) is 0 Å². The van der Waals surface area contributed by atoms with Gasteiger partial charge in [-0.2, -0.15) is 0 Å². The molecule has 0 aromatic carbocycles. The second-order valence-electron chi connectivity index (χ2n) is 8.35. The fraction of sp³-hybridized carbons (Fsp3) is 0.778. The van der Waals surface area contributed by atoms with Gasteiger partial charge in [0.25, 0.3) is 0 Å². The number of Topliss-reactive ketones (excluding diaryl/α,β-unsaturated/α-hetero) is 2. The molecule has 5 nitrogen and oxygen atoms in total. The van der Waals surface area contributed by atoms with Crippen LogP contribution in [0.4, 0.5) is 0 Å². The van der Waals surface area contributed by atoms with Crippen molar-refractivity contribution in [1.29, 1.82) is 0 Å². The molecule has 4 unspecified atom stereocenters. The third kappa shape index (κ3) is 1.41. The minimum Gasteiger partial charge on any atom is -0.393 e. The second kappa shape index (κ2) is 4.11. The summed E-state index contributed by atoms with van der Waals surface area (Å²) in [5, 5.41) is 0. The van der Waals surface area contributed by atoms with Crippen molar-refractivity contribution in [2.75, 3.05) is 0 Å². The molecule has 1 saturated heterocycles. The van der Waals surface area contributed by atoms with Crippen LogP contribution in [0, 0.1) is 59.2 Å². The van der Waals surface area contributed by atoms with Crippen LogP contribution in [0.25, 0.3) is 0 Å². The molecule has 0 radical (unpaired) electrons. The summed E-state index contributed by atoms with van der Waals surface area (Å²) in [6.45, 7) is 3.19. The Hall–Kier alpha value is -1.52. The predicted octanol–water partition coefficient (Wildman–Crippen LogP) is 1.24. The van der Waals surface area contributed by atoms with E-state index in [4.69, 9.17) is 4.74 Å². The van der Waals surface area contributed by atoms with Crippen molar-refractivity contribution in [3.05, 3.63) is 0 Å². The van der Waals surface area contributed by atoms with E-state index in [1.165, 1.54) is 0 Å². The molecule has 0 spiro atoms. The Bertz CT molecular complexity index is 612. The molecule has 1 heterocycles. The van der Waals surface area contributed by atoms with Crippen LogP contribution in [0.15, 0.2) is 0 Å². The zero-order valence-corrected chi connectivity index (χ0v) is 13.2. The number of fused-ring (bicyclic) bond motifs is 12. The van der Waals surface area contributed by atoms with E-state index < -0.39 is 0 Å². The van der Waals surface area contributed by atoms with Crippen LogP contribution in [-0.2, 0) is 23.9 Å². The summed E-state index contributed by atoms with van der Waals surface area (Å²) in [6.07, 6.45) is 1.81. The Morgan fingerprint density at radius 3 is 1.57 bits per heavy atom. The number of carbonyl (C=O) groups is 4. The molecule has 4 bridgehead atoms. The van der Waals surface area contributed by atoms with Crippen LogP contribution < -0.4 is 0 Å². The maximum atomic E-state index is 12.2. The van der Waals surface area contributed by atoms with Gasteiger partial charge in [-0.05, 0) is 62.2 Å². The molecule has 4 aliphatic carbocycles. The number of hydrogen-bond donors (Lipinski definition) is 0. The number of ether oxygens (including phenoxy) is 1. The fourth-order valence-electron chi connectivity index (χ4n) is 7.63. The highest BCUT2D eigenvalue weighted by atomic mass is 16.6. The smallest absolute Gasteiger partial charge is 0.317 e. The van der Waals surface area contributed by atoms with Gasteiger partial charge in [0.05, 0.1) is 11.8 Å². The molecular weight excluding hydrogens is 296 g/mol. The van der Waals surface area contributed by atoms with Crippen molar-refractivity contribution in [2.45, 2.75) is 26.7 Å². The van der Waals surface area contributed by atoms with Crippen molar-refractivity contribution in [3.8, 4) is 0 Å². The topological polar surface area (TPSA) is 77.5 Å². The first-order valence-corrected chi connectivity index (χ1v) is 8.68. The third-order valence-electron chi connectivity index (χ3n) is 7.81. The van der Waals surface area contributed by atoms with E-state index in [1.807, 2.05) is 0 Å². The molecule has 23 heavy (non-hydrogen) atoms. The molecule has 10 atom stereocenters. The maximum absolute atomic E-state index is 12.2. The molecule has 4 saturated carbocycles. The molecule has 5 fully saturated rings. The Balaban J connectivity index is 1.57. The predicted molar refractivity (Wildman–Crippen MR) is 76.6 cm³/mol. The first kappa shape index (κ1) is 13.9. The van der Waals surface area contributed by atoms with E-state index in [1.54, 1.807) is 13.8 Å². The van der Waals surface area contributed by atoms with Gasteiger partial charge in [0.2, 0.25) is 0 Å². The molecule has 5 aliphatic rings. The monoisotopic (exact) mass is 316 g/mol. The van der Waals surface area contributed by atoms with Crippen LogP contribution in [0.2, 0.25) is 0 Å². The highest BCUT2D eigenvalue weighted by molar-refractivity contribution is 5.98. The van der Waals surface area contributed by atoms with E-state index in [0.29, 0.717) is 11.8 Å². The minimum absolute atomic E-state index is 0.112. The largest absolute Gasteiger partial charge is 0.393 e. The Morgan fingerprint density at radius 2 is 1.17 bits per heavy atom. The molecule has 5 rings (SSSR count). The first-order valence-electron chi connectivity index (χ1n) is 8.68. The lowest BCUT2D eigenvalue weighted by Gasteiger charge is -2.43. The van der Waals surface area contributed by atoms with Gasteiger partial charge in [0.15, 0.2) is 0 Å². The summed E-state index contributed by atoms with van der Waals surface area (Å²) >= 11 is 0.